The van der Waals surface area contributed by atoms with E-state index in [1.54, 1.807) is 0 Å². The van der Waals surface area contributed by atoms with Gasteiger partial charge in [-0.1, -0.05) is 30.3 Å². The molecular formula is C19H24N4O. The van der Waals surface area contributed by atoms with Crippen molar-refractivity contribution in [2.75, 3.05) is 44.3 Å². The second kappa shape index (κ2) is 7.28. The topological polar surface area (TPSA) is 41.5 Å². The molecule has 0 amide bonds. The third kappa shape index (κ3) is 3.42. The molecular weight excluding hydrogens is 300 g/mol. The molecule has 2 aliphatic rings. The van der Waals surface area contributed by atoms with Crippen molar-refractivity contribution in [3.05, 3.63) is 42.6 Å². The number of ether oxygens (including phenoxy) is 1. The molecule has 0 unspecified atom stereocenters. The Morgan fingerprint density at radius 3 is 2.67 bits per heavy atom. The molecule has 1 aromatic heterocycles. The van der Waals surface area contributed by atoms with E-state index in [0.717, 1.165) is 56.6 Å². The Bertz CT molecular complexity index is 657. The van der Waals surface area contributed by atoms with Crippen LogP contribution >= 0.6 is 0 Å². The highest BCUT2D eigenvalue weighted by Crippen LogP contribution is 2.23. The molecule has 0 aliphatic carbocycles. The maximum atomic E-state index is 5.49. The summed E-state index contributed by atoms with van der Waals surface area (Å²) in [6.07, 6.45) is 4.36. The molecule has 0 N–H and O–H groups in total. The average Bonchev–Trinajstić information content (AvgIpc) is 2.70. The Kier molecular flexibility index (Phi) is 4.71. The number of aromatic nitrogens is 2. The fourth-order valence-electron chi connectivity index (χ4n) is 3.66. The minimum absolute atomic E-state index is 0.609. The number of hydrogen-bond donors (Lipinski definition) is 0. The average molecular weight is 324 g/mol. The fraction of sp³-hybridized carbons (Fsp3) is 0.474. The lowest BCUT2D eigenvalue weighted by molar-refractivity contribution is 0.0137. The number of hydrogen-bond acceptors (Lipinski definition) is 5. The molecule has 126 valence electrons. The normalized spacial score (nSPS) is 22.5. The minimum atomic E-state index is 0.609. The molecule has 4 rings (SSSR count). The van der Waals surface area contributed by atoms with Gasteiger partial charge in [-0.15, -0.1) is 0 Å². The SMILES string of the molecule is c1ccc(-c2nccc(N3CCC[C@@H](N4CCOCC4)C3)n2)cc1. The van der Waals surface area contributed by atoms with Gasteiger partial charge in [0.25, 0.3) is 0 Å². The van der Waals surface area contributed by atoms with Gasteiger partial charge in [0.2, 0.25) is 0 Å². The molecule has 0 bridgehead atoms. The van der Waals surface area contributed by atoms with Gasteiger partial charge in [0.1, 0.15) is 5.82 Å². The van der Waals surface area contributed by atoms with E-state index < -0.39 is 0 Å². The first-order valence-corrected chi connectivity index (χ1v) is 8.85. The van der Waals surface area contributed by atoms with Gasteiger partial charge in [0, 0.05) is 44.0 Å². The van der Waals surface area contributed by atoms with Gasteiger partial charge in [-0.25, -0.2) is 9.97 Å². The lowest BCUT2D eigenvalue weighted by atomic mass is 10.0. The third-order valence-corrected chi connectivity index (χ3v) is 4.96. The molecule has 0 radical (unpaired) electrons. The maximum absolute atomic E-state index is 5.49. The zero-order valence-corrected chi connectivity index (χ0v) is 14.0. The van der Waals surface area contributed by atoms with Crippen LogP contribution in [0.4, 0.5) is 5.82 Å². The Labute approximate surface area is 143 Å². The Balaban J connectivity index is 1.50. The minimum Gasteiger partial charge on any atom is -0.379 e. The van der Waals surface area contributed by atoms with Crippen LogP contribution in [0.3, 0.4) is 0 Å². The largest absolute Gasteiger partial charge is 0.379 e. The van der Waals surface area contributed by atoms with Gasteiger partial charge in [0.15, 0.2) is 5.82 Å². The van der Waals surface area contributed by atoms with Crippen molar-refractivity contribution in [1.82, 2.24) is 14.9 Å². The van der Waals surface area contributed by atoms with E-state index in [2.05, 4.69) is 26.9 Å². The highest BCUT2D eigenvalue weighted by Gasteiger charge is 2.27. The first-order valence-electron chi connectivity index (χ1n) is 8.85. The summed E-state index contributed by atoms with van der Waals surface area (Å²) in [4.78, 5) is 14.3. The number of benzene rings is 1. The van der Waals surface area contributed by atoms with Crippen molar-refractivity contribution in [3.63, 3.8) is 0 Å². The quantitative estimate of drug-likeness (QED) is 0.867. The highest BCUT2D eigenvalue weighted by atomic mass is 16.5. The van der Waals surface area contributed by atoms with E-state index in [9.17, 15) is 0 Å². The Morgan fingerprint density at radius 2 is 1.83 bits per heavy atom. The number of piperidine rings is 1. The first kappa shape index (κ1) is 15.5. The summed E-state index contributed by atoms with van der Waals surface area (Å²) < 4.78 is 5.49. The zero-order chi connectivity index (χ0) is 16.2. The molecule has 1 atom stereocenters. The van der Waals surface area contributed by atoms with Crippen LogP contribution in [0.15, 0.2) is 42.6 Å². The van der Waals surface area contributed by atoms with Crippen LogP contribution in [0.2, 0.25) is 0 Å². The van der Waals surface area contributed by atoms with Crippen LogP contribution in [0.5, 0.6) is 0 Å². The maximum Gasteiger partial charge on any atom is 0.161 e. The van der Waals surface area contributed by atoms with E-state index in [-0.39, 0.29) is 0 Å². The molecule has 1 aromatic carbocycles. The first-order chi connectivity index (χ1) is 11.9. The number of morpholine rings is 1. The molecule has 2 fully saturated rings. The van der Waals surface area contributed by atoms with Crippen molar-refractivity contribution in [3.8, 4) is 11.4 Å². The smallest absolute Gasteiger partial charge is 0.161 e. The Morgan fingerprint density at radius 1 is 1.00 bits per heavy atom. The lowest BCUT2D eigenvalue weighted by Gasteiger charge is -2.41. The summed E-state index contributed by atoms with van der Waals surface area (Å²) in [6.45, 7) is 5.96. The summed E-state index contributed by atoms with van der Waals surface area (Å²) in [6, 6.07) is 12.8. The van der Waals surface area contributed by atoms with Crippen LogP contribution < -0.4 is 4.90 Å². The second-order valence-corrected chi connectivity index (χ2v) is 6.49. The van der Waals surface area contributed by atoms with E-state index >= 15 is 0 Å². The number of anilines is 1. The third-order valence-electron chi connectivity index (χ3n) is 4.96. The molecule has 2 saturated heterocycles. The van der Waals surface area contributed by atoms with E-state index in [1.165, 1.54) is 12.8 Å². The van der Waals surface area contributed by atoms with Crippen molar-refractivity contribution < 1.29 is 4.74 Å². The molecule has 0 spiro atoms. The molecule has 5 heteroatoms. The standard InChI is InChI=1S/C19H24N4O/c1-2-5-16(6-3-1)19-20-9-8-18(21-19)23-10-4-7-17(15-23)22-11-13-24-14-12-22/h1-3,5-6,8-9,17H,4,7,10-15H2/t17-/m1/s1. The van der Waals surface area contributed by atoms with Gasteiger partial charge >= 0.3 is 0 Å². The molecule has 2 aliphatic heterocycles. The van der Waals surface area contributed by atoms with Crippen LogP contribution in [0.1, 0.15) is 12.8 Å². The van der Waals surface area contributed by atoms with Gasteiger partial charge in [-0.05, 0) is 18.9 Å². The number of nitrogens with zero attached hydrogens (tertiary/aromatic N) is 4. The summed E-state index contributed by atoms with van der Waals surface area (Å²) in [5.74, 6) is 1.85. The molecule has 5 nitrogen and oxygen atoms in total. The van der Waals surface area contributed by atoms with Gasteiger partial charge in [0.05, 0.1) is 13.2 Å². The fourth-order valence-corrected chi connectivity index (χ4v) is 3.66. The predicted molar refractivity (Wildman–Crippen MR) is 95.1 cm³/mol. The summed E-state index contributed by atoms with van der Waals surface area (Å²) in [5.41, 5.74) is 1.07. The predicted octanol–water partition coefficient (Wildman–Crippen LogP) is 2.44. The molecule has 3 heterocycles. The summed E-state index contributed by atoms with van der Waals surface area (Å²) in [7, 11) is 0. The molecule has 0 saturated carbocycles. The molecule has 24 heavy (non-hydrogen) atoms. The van der Waals surface area contributed by atoms with Crippen molar-refractivity contribution in [2.45, 2.75) is 18.9 Å². The molecule has 2 aromatic rings. The van der Waals surface area contributed by atoms with Crippen LogP contribution in [0, 0.1) is 0 Å². The van der Waals surface area contributed by atoms with Crippen LogP contribution in [0.25, 0.3) is 11.4 Å². The monoisotopic (exact) mass is 324 g/mol. The Hall–Kier alpha value is -1.98. The van der Waals surface area contributed by atoms with Gasteiger partial charge in [-0.3, -0.25) is 4.90 Å². The summed E-state index contributed by atoms with van der Waals surface area (Å²) in [5, 5.41) is 0. The van der Waals surface area contributed by atoms with Crippen molar-refractivity contribution in [1.29, 1.82) is 0 Å². The number of rotatable bonds is 3. The van der Waals surface area contributed by atoms with Crippen molar-refractivity contribution >= 4 is 5.82 Å². The zero-order valence-electron chi connectivity index (χ0n) is 14.0. The van der Waals surface area contributed by atoms with E-state index in [0.29, 0.717) is 6.04 Å². The lowest BCUT2D eigenvalue weighted by Crippen LogP contribution is -2.51. The highest BCUT2D eigenvalue weighted by molar-refractivity contribution is 5.57. The van der Waals surface area contributed by atoms with Crippen molar-refractivity contribution in [2.24, 2.45) is 0 Å². The van der Waals surface area contributed by atoms with Crippen LogP contribution in [-0.2, 0) is 4.74 Å². The van der Waals surface area contributed by atoms with Gasteiger partial charge in [-0.2, -0.15) is 0 Å². The van der Waals surface area contributed by atoms with E-state index in [1.807, 2.05) is 30.5 Å². The van der Waals surface area contributed by atoms with E-state index in [4.69, 9.17) is 9.72 Å². The summed E-state index contributed by atoms with van der Waals surface area (Å²) >= 11 is 0. The van der Waals surface area contributed by atoms with Crippen LogP contribution in [-0.4, -0.2) is 60.3 Å². The second-order valence-electron chi connectivity index (χ2n) is 6.49. The van der Waals surface area contributed by atoms with Gasteiger partial charge < -0.3 is 9.64 Å².